The second-order valence-electron chi connectivity index (χ2n) is 3.78. The Morgan fingerprint density at radius 1 is 1.38 bits per heavy atom. The van der Waals surface area contributed by atoms with Gasteiger partial charge in [0.05, 0.1) is 12.2 Å². The van der Waals surface area contributed by atoms with Gasteiger partial charge in [0, 0.05) is 18.8 Å². The first-order chi connectivity index (χ1) is 7.79. The van der Waals surface area contributed by atoms with Gasteiger partial charge in [-0.3, -0.25) is 0 Å². The molecule has 0 amide bonds. The van der Waals surface area contributed by atoms with Crippen LogP contribution in [0.15, 0.2) is 30.6 Å². The highest BCUT2D eigenvalue weighted by atomic mass is 15.1. The Kier molecular flexibility index (Phi) is 3.19. The van der Waals surface area contributed by atoms with Crippen LogP contribution in [0.3, 0.4) is 0 Å². The van der Waals surface area contributed by atoms with Gasteiger partial charge in [0.25, 0.3) is 0 Å². The highest BCUT2D eigenvalue weighted by Gasteiger charge is 2.03. The van der Waals surface area contributed by atoms with Gasteiger partial charge < -0.3 is 10.3 Å². The van der Waals surface area contributed by atoms with E-state index in [4.69, 9.17) is 5.73 Å². The maximum atomic E-state index is 5.65. The smallest absolute Gasteiger partial charge is 0.123 e. The molecule has 2 rings (SSSR count). The van der Waals surface area contributed by atoms with Gasteiger partial charge in [-0.25, -0.2) is 9.97 Å². The number of rotatable bonds is 4. The molecule has 0 aliphatic carbocycles. The molecule has 0 radical (unpaired) electrons. The lowest BCUT2D eigenvalue weighted by Gasteiger charge is -2.06. The number of nitrogens with two attached hydrogens (primary N) is 1. The van der Waals surface area contributed by atoms with Crippen molar-refractivity contribution >= 4 is 5.82 Å². The molecule has 2 aromatic heterocycles. The van der Waals surface area contributed by atoms with Crippen LogP contribution in [0.4, 0.5) is 5.82 Å². The molecule has 4 heteroatoms. The lowest BCUT2D eigenvalue weighted by molar-refractivity contribution is 0.694. The van der Waals surface area contributed by atoms with Crippen molar-refractivity contribution in [2.75, 3.05) is 5.73 Å². The molecule has 0 spiro atoms. The molecule has 0 atom stereocenters. The summed E-state index contributed by atoms with van der Waals surface area (Å²) in [6, 6.07) is 5.70. The van der Waals surface area contributed by atoms with Gasteiger partial charge >= 0.3 is 0 Å². The highest BCUT2D eigenvalue weighted by molar-refractivity contribution is 5.28. The van der Waals surface area contributed by atoms with Crippen molar-refractivity contribution in [3.63, 3.8) is 0 Å². The van der Waals surface area contributed by atoms with E-state index >= 15 is 0 Å². The highest BCUT2D eigenvalue weighted by Crippen LogP contribution is 2.07. The lowest BCUT2D eigenvalue weighted by Crippen LogP contribution is -2.06. The number of hydrogen-bond donors (Lipinski definition) is 1. The summed E-state index contributed by atoms with van der Waals surface area (Å²) in [6.45, 7) is 2.89. The first-order valence-electron chi connectivity index (χ1n) is 5.51. The molecule has 84 valence electrons. The number of pyridine rings is 1. The molecular weight excluding hydrogens is 200 g/mol. The maximum absolute atomic E-state index is 5.65. The quantitative estimate of drug-likeness (QED) is 0.848. The lowest BCUT2D eigenvalue weighted by atomic mass is 10.3. The Labute approximate surface area is 95.1 Å². The van der Waals surface area contributed by atoms with Crippen LogP contribution in [0.2, 0.25) is 0 Å². The van der Waals surface area contributed by atoms with Crippen molar-refractivity contribution in [2.24, 2.45) is 0 Å². The van der Waals surface area contributed by atoms with Crippen LogP contribution < -0.4 is 5.73 Å². The first-order valence-corrected chi connectivity index (χ1v) is 5.51. The zero-order valence-corrected chi connectivity index (χ0v) is 9.43. The van der Waals surface area contributed by atoms with E-state index in [0.717, 1.165) is 30.9 Å². The molecule has 0 fully saturated rings. The molecule has 2 heterocycles. The Balaban J connectivity index is 2.17. The second kappa shape index (κ2) is 4.79. The molecule has 0 aromatic carbocycles. The van der Waals surface area contributed by atoms with Gasteiger partial charge in [0.1, 0.15) is 11.6 Å². The fraction of sp³-hybridized carbons (Fsp3) is 0.333. The number of anilines is 1. The normalized spacial score (nSPS) is 10.6. The number of nitrogens with zero attached hydrogens (tertiary/aromatic N) is 3. The largest absolute Gasteiger partial charge is 0.384 e. The number of nitrogen functional groups attached to an aromatic ring is 1. The summed E-state index contributed by atoms with van der Waals surface area (Å²) in [5, 5.41) is 0. The number of imidazole rings is 1. The minimum absolute atomic E-state index is 0.564. The molecule has 0 saturated carbocycles. The van der Waals surface area contributed by atoms with E-state index in [1.165, 1.54) is 0 Å². The van der Waals surface area contributed by atoms with E-state index in [2.05, 4.69) is 21.5 Å². The fourth-order valence-corrected chi connectivity index (χ4v) is 1.70. The van der Waals surface area contributed by atoms with Crippen LogP contribution in [-0.2, 0) is 13.0 Å². The van der Waals surface area contributed by atoms with Crippen LogP contribution in [0.25, 0.3) is 0 Å². The van der Waals surface area contributed by atoms with Crippen molar-refractivity contribution in [3.8, 4) is 0 Å². The van der Waals surface area contributed by atoms with Gasteiger partial charge in [-0.15, -0.1) is 0 Å². The summed E-state index contributed by atoms with van der Waals surface area (Å²) < 4.78 is 2.12. The third kappa shape index (κ3) is 2.39. The second-order valence-corrected chi connectivity index (χ2v) is 3.78. The van der Waals surface area contributed by atoms with Crippen LogP contribution in [0.5, 0.6) is 0 Å². The minimum Gasteiger partial charge on any atom is -0.384 e. The van der Waals surface area contributed by atoms with Crippen molar-refractivity contribution in [1.82, 2.24) is 14.5 Å². The Bertz CT molecular complexity index is 462. The van der Waals surface area contributed by atoms with Crippen molar-refractivity contribution in [2.45, 2.75) is 26.3 Å². The SMILES string of the molecule is CCCc1nccn1Cc1cccc(N)n1. The predicted octanol–water partition coefficient (Wildman–Crippen LogP) is 1.86. The van der Waals surface area contributed by atoms with E-state index in [0.29, 0.717) is 5.82 Å². The number of aromatic nitrogens is 3. The molecule has 0 aliphatic rings. The average Bonchev–Trinajstić information content (AvgIpc) is 2.66. The van der Waals surface area contributed by atoms with E-state index in [1.807, 2.05) is 24.5 Å². The minimum atomic E-state index is 0.564. The van der Waals surface area contributed by atoms with Crippen LogP contribution in [-0.4, -0.2) is 14.5 Å². The van der Waals surface area contributed by atoms with E-state index in [9.17, 15) is 0 Å². The average molecular weight is 216 g/mol. The molecule has 2 aromatic rings. The molecule has 0 saturated heterocycles. The van der Waals surface area contributed by atoms with E-state index < -0.39 is 0 Å². The Hall–Kier alpha value is -1.84. The van der Waals surface area contributed by atoms with E-state index in [1.54, 1.807) is 6.07 Å². The van der Waals surface area contributed by atoms with Crippen molar-refractivity contribution in [3.05, 3.63) is 42.1 Å². The molecular formula is C12H16N4. The van der Waals surface area contributed by atoms with Crippen molar-refractivity contribution in [1.29, 1.82) is 0 Å². The monoisotopic (exact) mass is 216 g/mol. The molecule has 16 heavy (non-hydrogen) atoms. The molecule has 0 bridgehead atoms. The Morgan fingerprint density at radius 3 is 3.00 bits per heavy atom. The zero-order valence-electron chi connectivity index (χ0n) is 9.43. The molecule has 4 nitrogen and oxygen atoms in total. The van der Waals surface area contributed by atoms with Crippen LogP contribution >= 0.6 is 0 Å². The van der Waals surface area contributed by atoms with Gasteiger partial charge in [0.2, 0.25) is 0 Å². The van der Waals surface area contributed by atoms with Crippen LogP contribution in [0.1, 0.15) is 24.9 Å². The third-order valence-corrected chi connectivity index (χ3v) is 2.44. The zero-order chi connectivity index (χ0) is 11.4. The summed E-state index contributed by atoms with van der Waals surface area (Å²) in [5.41, 5.74) is 6.62. The third-order valence-electron chi connectivity index (χ3n) is 2.44. The van der Waals surface area contributed by atoms with Gasteiger partial charge in [-0.05, 0) is 18.6 Å². The predicted molar refractivity (Wildman–Crippen MR) is 64.0 cm³/mol. The number of aryl methyl sites for hydroxylation is 1. The summed E-state index contributed by atoms with van der Waals surface area (Å²) in [6.07, 6.45) is 5.91. The summed E-state index contributed by atoms with van der Waals surface area (Å²) in [7, 11) is 0. The van der Waals surface area contributed by atoms with E-state index in [-0.39, 0.29) is 0 Å². The number of hydrogen-bond acceptors (Lipinski definition) is 3. The van der Waals surface area contributed by atoms with Gasteiger partial charge in [-0.2, -0.15) is 0 Å². The standard InChI is InChI=1S/C12H16N4/c1-2-4-12-14-7-8-16(12)9-10-5-3-6-11(13)15-10/h3,5-8H,2,4,9H2,1H3,(H2,13,15). The van der Waals surface area contributed by atoms with Gasteiger partial charge in [-0.1, -0.05) is 13.0 Å². The maximum Gasteiger partial charge on any atom is 0.123 e. The summed E-state index contributed by atoms with van der Waals surface area (Å²) in [4.78, 5) is 8.61. The topological polar surface area (TPSA) is 56.7 Å². The molecule has 0 aliphatic heterocycles. The summed E-state index contributed by atoms with van der Waals surface area (Å²) >= 11 is 0. The summed E-state index contributed by atoms with van der Waals surface area (Å²) in [5.74, 6) is 1.67. The first kappa shape index (κ1) is 10.7. The van der Waals surface area contributed by atoms with Crippen LogP contribution in [0, 0.1) is 0 Å². The Morgan fingerprint density at radius 2 is 2.25 bits per heavy atom. The molecule has 0 unspecified atom stereocenters. The van der Waals surface area contributed by atoms with Gasteiger partial charge in [0.15, 0.2) is 0 Å². The fourth-order valence-electron chi connectivity index (χ4n) is 1.70. The van der Waals surface area contributed by atoms with Crippen molar-refractivity contribution < 1.29 is 0 Å². The molecule has 2 N–H and O–H groups in total.